The van der Waals surface area contributed by atoms with Gasteiger partial charge in [0.2, 0.25) is 5.91 Å². The van der Waals surface area contributed by atoms with E-state index in [2.05, 4.69) is 0 Å². The number of carbonyl (C=O) groups is 1. The monoisotopic (exact) mass is 337 g/mol. The van der Waals surface area contributed by atoms with Crippen LogP contribution in [0, 0.1) is 5.92 Å². The minimum atomic E-state index is 0.104. The first-order valence-electron chi connectivity index (χ1n) is 8.41. The molecule has 1 saturated carbocycles. The van der Waals surface area contributed by atoms with Gasteiger partial charge in [-0.15, -0.1) is 11.8 Å². The summed E-state index contributed by atoms with van der Waals surface area (Å²) in [6, 6.07) is 7.92. The summed E-state index contributed by atoms with van der Waals surface area (Å²) in [7, 11) is 0. The van der Waals surface area contributed by atoms with Crippen molar-refractivity contribution in [2.75, 3.05) is 12.3 Å². The van der Waals surface area contributed by atoms with Crippen LogP contribution in [0.4, 0.5) is 0 Å². The van der Waals surface area contributed by atoms with Crippen LogP contribution < -0.4 is 0 Å². The molecule has 22 heavy (non-hydrogen) atoms. The number of benzene rings is 1. The summed E-state index contributed by atoms with van der Waals surface area (Å²) in [4.78, 5) is 14.7. The predicted molar refractivity (Wildman–Crippen MR) is 94.2 cm³/mol. The van der Waals surface area contributed by atoms with E-state index in [0.29, 0.717) is 12.3 Å². The molecule has 1 unspecified atom stereocenters. The molecule has 0 bridgehead atoms. The molecule has 120 valence electrons. The Hall–Kier alpha value is -0.670. The Bertz CT molecular complexity index is 516. The van der Waals surface area contributed by atoms with Crippen molar-refractivity contribution < 1.29 is 4.79 Å². The fourth-order valence-electron chi connectivity index (χ4n) is 3.61. The van der Waals surface area contributed by atoms with Crippen LogP contribution in [0.5, 0.6) is 0 Å². The van der Waals surface area contributed by atoms with Crippen molar-refractivity contribution in [2.45, 2.75) is 50.3 Å². The Morgan fingerprint density at radius 1 is 1.23 bits per heavy atom. The third kappa shape index (κ3) is 3.80. The SMILES string of the molecule is O=C(CCC1CCCCC1)N1CCSC1c1ccccc1Cl. The average Bonchev–Trinajstić information content (AvgIpc) is 3.03. The summed E-state index contributed by atoms with van der Waals surface area (Å²) in [5.74, 6) is 2.08. The number of hydrogen-bond acceptors (Lipinski definition) is 2. The van der Waals surface area contributed by atoms with Gasteiger partial charge in [0.1, 0.15) is 5.37 Å². The highest BCUT2D eigenvalue weighted by molar-refractivity contribution is 7.99. The van der Waals surface area contributed by atoms with Crippen molar-refractivity contribution in [1.29, 1.82) is 0 Å². The van der Waals surface area contributed by atoms with Crippen LogP contribution in [0.15, 0.2) is 24.3 Å². The molecule has 1 aromatic carbocycles. The summed E-state index contributed by atoms with van der Waals surface area (Å²) >= 11 is 8.15. The average molecular weight is 338 g/mol. The largest absolute Gasteiger partial charge is 0.326 e. The van der Waals surface area contributed by atoms with Crippen LogP contribution >= 0.6 is 23.4 Å². The number of amides is 1. The van der Waals surface area contributed by atoms with Crippen molar-refractivity contribution in [2.24, 2.45) is 5.92 Å². The molecular formula is C18H24ClNOS. The third-order valence-electron chi connectivity index (χ3n) is 4.87. The number of rotatable bonds is 4. The molecule has 1 aromatic rings. The van der Waals surface area contributed by atoms with Gasteiger partial charge in [0.25, 0.3) is 0 Å². The molecule has 1 atom stereocenters. The maximum Gasteiger partial charge on any atom is 0.223 e. The first kappa shape index (κ1) is 16.2. The lowest BCUT2D eigenvalue weighted by molar-refractivity contribution is -0.131. The van der Waals surface area contributed by atoms with E-state index in [1.165, 1.54) is 32.1 Å². The van der Waals surface area contributed by atoms with Gasteiger partial charge >= 0.3 is 0 Å². The summed E-state index contributed by atoms with van der Waals surface area (Å²) in [6.07, 6.45) is 8.47. The lowest BCUT2D eigenvalue weighted by Crippen LogP contribution is -2.30. The van der Waals surface area contributed by atoms with Crippen LogP contribution in [0.25, 0.3) is 0 Å². The van der Waals surface area contributed by atoms with Gasteiger partial charge in [-0.1, -0.05) is 61.9 Å². The summed E-state index contributed by atoms with van der Waals surface area (Å²) in [5, 5.41) is 0.875. The van der Waals surface area contributed by atoms with Gasteiger partial charge in [0.15, 0.2) is 0 Å². The highest BCUT2D eigenvalue weighted by Gasteiger charge is 2.31. The predicted octanol–water partition coefficient (Wildman–Crippen LogP) is 5.27. The van der Waals surface area contributed by atoms with Crippen molar-refractivity contribution in [3.05, 3.63) is 34.9 Å². The molecule has 1 aliphatic heterocycles. The van der Waals surface area contributed by atoms with Crippen LogP contribution in [0.2, 0.25) is 5.02 Å². The second-order valence-corrected chi connectivity index (χ2v) is 7.97. The molecule has 0 spiro atoms. The molecule has 4 heteroatoms. The molecule has 1 aliphatic carbocycles. The van der Waals surface area contributed by atoms with E-state index in [1.807, 2.05) is 40.9 Å². The summed E-state index contributed by atoms with van der Waals surface area (Å²) in [5.41, 5.74) is 1.08. The van der Waals surface area contributed by atoms with Crippen molar-refractivity contribution >= 4 is 29.3 Å². The Labute approximate surface area is 142 Å². The van der Waals surface area contributed by atoms with E-state index in [9.17, 15) is 4.79 Å². The van der Waals surface area contributed by atoms with Gasteiger partial charge in [-0.05, 0) is 18.4 Å². The number of halogens is 1. The molecule has 1 amide bonds. The maximum absolute atomic E-state index is 12.7. The summed E-state index contributed by atoms with van der Waals surface area (Å²) < 4.78 is 0. The number of hydrogen-bond donors (Lipinski definition) is 0. The maximum atomic E-state index is 12.7. The fourth-order valence-corrected chi connectivity index (χ4v) is 5.22. The van der Waals surface area contributed by atoms with Crippen molar-refractivity contribution in [1.82, 2.24) is 4.90 Å². The number of carbonyl (C=O) groups excluding carboxylic acids is 1. The zero-order valence-corrected chi connectivity index (χ0v) is 14.5. The van der Waals surface area contributed by atoms with Gasteiger partial charge < -0.3 is 4.90 Å². The normalized spacial score (nSPS) is 23.0. The van der Waals surface area contributed by atoms with Gasteiger partial charge in [-0.3, -0.25) is 4.79 Å². The Morgan fingerprint density at radius 2 is 2.00 bits per heavy atom. The highest BCUT2D eigenvalue weighted by atomic mass is 35.5. The topological polar surface area (TPSA) is 20.3 Å². The van der Waals surface area contributed by atoms with Gasteiger partial charge in [-0.25, -0.2) is 0 Å². The molecule has 2 aliphatic rings. The second-order valence-electron chi connectivity index (χ2n) is 6.37. The molecule has 0 radical (unpaired) electrons. The van der Waals surface area contributed by atoms with E-state index >= 15 is 0 Å². The van der Waals surface area contributed by atoms with Crippen LogP contribution in [-0.4, -0.2) is 23.1 Å². The van der Waals surface area contributed by atoms with E-state index in [0.717, 1.165) is 35.2 Å². The summed E-state index contributed by atoms with van der Waals surface area (Å²) in [6.45, 7) is 0.851. The quantitative estimate of drug-likeness (QED) is 0.745. The standard InChI is InChI=1S/C18H24ClNOS/c19-16-9-5-4-8-15(16)18-20(12-13-22-18)17(21)11-10-14-6-2-1-3-7-14/h4-5,8-9,14,18H,1-3,6-7,10-13H2. The van der Waals surface area contributed by atoms with Gasteiger partial charge in [0, 0.05) is 29.3 Å². The Kier molecular flexibility index (Phi) is 5.70. The van der Waals surface area contributed by atoms with E-state index in [-0.39, 0.29) is 5.37 Å². The highest BCUT2D eigenvalue weighted by Crippen LogP contribution is 2.41. The zero-order valence-electron chi connectivity index (χ0n) is 13.0. The van der Waals surface area contributed by atoms with Crippen LogP contribution in [-0.2, 0) is 4.79 Å². The van der Waals surface area contributed by atoms with E-state index < -0.39 is 0 Å². The van der Waals surface area contributed by atoms with Gasteiger partial charge in [0.05, 0.1) is 0 Å². The second kappa shape index (κ2) is 7.74. The lowest BCUT2D eigenvalue weighted by atomic mass is 9.86. The lowest BCUT2D eigenvalue weighted by Gasteiger charge is -2.26. The first-order chi connectivity index (χ1) is 10.8. The van der Waals surface area contributed by atoms with Crippen molar-refractivity contribution in [3.63, 3.8) is 0 Å². The van der Waals surface area contributed by atoms with E-state index in [1.54, 1.807) is 0 Å². The molecule has 1 saturated heterocycles. The van der Waals surface area contributed by atoms with Crippen molar-refractivity contribution in [3.8, 4) is 0 Å². The molecule has 0 aromatic heterocycles. The molecular weight excluding hydrogens is 314 g/mol. The fraction of sp³-hybridized carbons (Fsp3) is 0.611. The molecule has 2 nitrogen and oxygen atoms in total. The minimum Gasteiger partial charge on any atom is -0.326 e. The zero-order chi connectivity index (χ0) is 15.4. The molecule has 1 heterocycles. The third-order valence-corrected chi connectivity index (χ3v) is 6.46. The van der Waals surface area contributed by atoms with Gasteiger partial charge in [-0.2, -0.15) is 0 Å². The first-order valence-corrected chi connectivity index (χ1v) is 9.84. The van der Waals surface area contributed by atoms with Crippen LogP contribution in [0.1, 0.15) is 55.9 Å². The minimum absolute atomic E-state index is 0.104. The molecule has 3 rings (SSSR count). The smallest absolute Gasteiger partial charge is 0.223 e. The Balaban J connectivity index is 1.60. The van der Waals surface area contributed by atoms with E-state index in [4.69, 9.17) is 11.6 Å². The number of thioether (sulfide) groups is 1. The number of nitrogens with zero attached hydrogens (tertiary/aromatic N) is 1. The molecule has 0 N–H and O–H groups in total. The Morgan fingerprint density at radius 3 is 2.77 bits per heavy atom. The molecule has 2 fully saturated rings. The van der Waals surface area contributed by atoms with Crippen LogP contribution in [0.3, 0.4) is 0 Å².